The molecule has 5 atom stereocenters. The molecule has 6 heteroatoms. The number of hydrogen-bond donors (Lipinski definition) is 1. The van der Waals surface area contributed by atoms with Gasteiger partial charge < -0.3 is 5.32 Å². The first-order valence-corrected chi connectivity index (χ1v) is 10.2. The molecule has 1 saturated heterocycles. The summed E-state index contributed by atoms with van der Waals surface area (Å²) in [6.45, 7) is 0. The largest absolute Gasteiger partial charge is 0.324 e. The van der Waals surface area contributed by atoms with Gasteiger partial charge in [-0.2, -0.15) is 0 Å². The second kappa shape index (κ2) is 7.20. The Balaban J connectivity index is 1.45. The molecule has 1 heterocycles. The van der Waals surface area contributed by atoms with Crippen LogP contribution < -0.4 is 5.32 Å². The molecule has 2 aromatic carbocycles. The molecule has 2 aliphatic carbocycles. The van der Waals surface area contributed by atoms with Gasteiger partial charge in [-0.1, -0.05) is 42.5 Å². The highest BCUT2D eigenvalue weighted by Gasteiger charge is 2.61. The SMILES string of the molecule is O=C(Nc1ccc(F)cc1)[C@H](Cc1ccccc1)N1C(=O)[C@@H]2[C@@H](C1=O)[C@H]1C=C[C@H]2C1. The lowest BCUT2D eigenvalue weighted by Gasteiger charge is -2.27. The maximum absolute atomic E-state index is 13.3. The summed E-state index contributed by atoms with van der Waals surface area (Å²) in [4.78, 5) is 40.9. The highest BCUT2D eigenvalue weighted by atomic mass is 19.1. The number of fused-ring (bicyclic) bond motifs is 5. The Morgan fingerprint density at radius 2 is 1.57 bits per heavy atom. The summed E-state index contributed by atoms with van der Waals surface area (Å²) >= 11 is 0. The van der Waals surface area contributed by atoms with E-state index in [-0.39, 0.29) is 41.9 Å². The third-order valence-electron chi connectivity index (χ3n) is 6.50. The van der Waals surface area contributed by atoms with Crippen LogP contribution >= 0.6 is 0 Å². The molecule has 1 N–H and O–H groups in total. The summed E-state index contributed by atoms with van der Waals surface area (Å²) in [5, 5.41) is 2.74. The number of anilines is 1. The van der Waals surface area contributed by atoms with Crippen LogP contribution in [0.15, 0.2) is 66.7 Å². The van der Waals surface area contributed by atoms with Crippen LogP contribution in [0.25, 0.3) is 0 Å². The van der Waals surface area contributed by atoms with Gasteiger partial charge in [-0.05, 0) is 48.1 Å². The number of imide groups is 1. The topological polar surface area (TPSA) is 66.5 Å². The number of nitrogens with zero attached hydrogens (tertiary/aromatic N) is 1. The average molecular weight is 404 g/mol. The molecular weight excluding hydrogens is 383 g/mol. The van der Waals surface area contributed by atoms with E-state index in [1.54, 1.807) is 0 Å². The third-order valence-corrected chi connectivity index (χ3v) is 6.50. The molecular formula is C24H21FN2O3. The molecule has 1 aliphatic heterocycles. The molecule has 3 aliphatic rings. The Hall–Kier alpha value is -3.28. The number of rotatable bonds is 5. The van der Waals surface area contributed by atoms with Crippen molar-refractivity contribution in [2.75, 3.05) is 5.32 Å². The zero-order valence-corrected chi connectivity index (χ0v) is 16.2. The van der Waals surface area contributed by atoms with Crippen molar-refractivity contribution in [3.63, 3.8) is 0 Å². The fourth-order valence-electron chi connectivity index (χ4n) is 5.13. The molecule has 5 nitrogen and oxygen atoms in total. The van der Waals surface area contributed by atoms with Crippen LogP contribution in [-0.4, -0.2) is 28.7 Å². The third kappa shape index (κ3) is 3.03. The van der Waals surface area contributed by atoms with E-state index >= 15 is 0 Å². The fraction of sp³-hybridized carbons (Fsp3) is 0.292. The predicted octanol–water partition coefficient (Wildman–Crippen LogP) is 3.18. The van der Waals surface area contributed by atoms with Crippen molar-refractivity contribution in [3.8, 4) is 0 Å². The van der Waals surface area contributed by atoms with Gasteiger partial charge in [0.15, 0.2) is 0 Å². The Morgan fingerprint density at radius 1 is 0.967 bits per heavy atom. The van der Waals surface area contributed by atoms with E-state index in [2.05, 4.69) is 5.32 Å². The zero-order valence-electron chi connectivity index (χ0n) is 16.2. The van der Waals surface area contributed by atoms with Gasteiger partial charge in [0.2, 0.25) is 17.7 Å². The van der Waals surface area contributed by atoms with Gasteiger partial charge in [-0.15, -0.1) is 0 Å². The number of hydrogen-bond acceptors (Lipinski definition) is 3. The minimum atomic E-state index is -0.956. The summed E-state index contributed by atoms with van der Waals surface area (Å²) in [7, 11) is 0. The normalized spacial score (nSPS) is 27.4. The van der Waals surface area contributed by atoms with E-state index in [4.69, 9.17) is 0 Å². The number of nitrogens with one attached hydrogen (secondary N) is 1. The quantitative estimate of drug-likeness (QED) is 0.615. The molecule has 30 heavy (non-hydrogen) atoms. The monoisotopic (exact) mass is 404 g/mol. The maximum Gasteiger partial charge on any atom is 0.248 e. The molecule has 0 radical (unpaired) electrons. The smallest absolute Gasteiger partial charge is 0.248 e. The van der Waals surface area contributed by atoms with E-state index in [0.717, 1.165) is 12.0 Å². The predicted molar refractivity (Wildman–Crippen MR) is 109 cm³/mol. The van der Waals surface area contributed by atoms with Crippen molar-refractivity contribution in [1.29, 1.82) is 0 Å². The molecule has 152 valence electrons. The first-order chi connectivity index (χ1) is 14.5. The fourth-order valence-corrected chi connectivity index (χ4v) is 5.13. The minimum absolute atomic E-state index is 0.0824. The maximum atomic E-state index is 13.3. The summed E-state index contributed by atoms with van der Waals surface area (Å²) in [6.07, 6.45) is 5.13. The number of carbonyl (C=O) groups excluding carboxylic acids is 3. The van der Waals surface area contributed by atoms with Crippen molar-refractivity contribution >= 4 is 23.4 Å². The molecule has 0 spiro atoms. The van der Waals surface area contributed by atoms with Gasteiger partial charge in [0.25, 0.3) is 0 Å². The lowest BCUT2D eigenvalue weighted by Crippen LogP contribution is -2.49. The highest BCUT2D eigenvalue weighted by molar-refractivity contribution is 6.10. The van der Waals surface area contributed by atoms with Crippen LogP contribution in [0.2, 0.25) is 0 Å². The van der Waals surface area contributed by atoms with Gasteiger partial charge in [0.1, 0.15) is 11.9 Å². The van der Waals surface area contributed by atoms with Crippen LogP contribution in [0.3, 0.4) is 0 Å². The second-order valence-electron chi connectivity index (χ2n) is 8.25. The van der Waals surface area contributed by atoms with Crippen LogP contribution in [0, 0.1) is 29.5 Å². The molecule has 0 unspecified atom stereocenters. The van der Waals surface area contributed by atoms with E-state index in [0.29, 0.717) is 5.69 Å². The molecule has 3 amide bonds. The molecule has 2 bridgehead atoms. The number of amides is 3. The van der Waals surface area contributed by atoms with Crippen LogP contribution in [-0.2, 0) is 20.8 Å². The molecule has 1 saturated carbocycles. The Labute approximate surface area is 173 Å². The van der Waals surface area contributed by atoms with E-state index in [1.807, 2.05) is 42.5 Å². The first-order valence-electron chi connectivity index (χ1n) is 10.2. The van der Waals surface area contributed by atoms with Crippen molar-refractivity contribution < 1.29 is 18.8 Å². The number of carbonyl (C=O) groups is 3. The summed E-state index contributed by atoms with van der Waals surface area (Å²) in [6, 6.07) is 13.8. The van der Waals surface area contributed by atoms with Gasteiger partial charge >= 0.3 is 0 Å². The summed E-state index contributed by atoms with van der Waals surface area (Å²) in [5.74, 6) is -1.91. The molecule has 5 rings (SSSR count). The van der Waals surface area contributed by atoms with E-state index < -0.39 is 17.8 Å². The average Bonchev–Trinajstić information content (AvgIpc) is 3.43. The van der Waals surface area contributed by atoms with E-state index in [1.165, 1.54) is 29.2 Å². The van der Waals surface area contributed by atoms with Gasteiger partial charge in [-0.3, -0.25) is 19.3 Å². The van der Waals surface area contributed by atoms with Crippen molar-refractivity contribution in [2.45, 2.75) is 18.9 Å². The Kier molecular flexibility index (Phi) is 4.50. The van der Waals surface area contributed by atoms with Crippen molar-refractivity contribution in [1.82, 2.24) is 4.90 Å². The molecule has 2 fully saturated rings. The number of allylic oxidation sites excluding steroid dienone is 2. The molecule has 2 aromatic rings. The highest BCUT2D eigenvalue weighted by Crippen LogP contribution is 2.53. The number of likely N-dealkylation sites (tertiary alicyclic amines) is 1. The van der Waals surface area contributed by atoms with Gasteiger partial charge in [0, 0.05) is 12.1 Å². The number of benzene rings is 2. The first kappa shape index (κ1) is 18.7. The molecule has 0 aromatic heterocycles. The standard InChI is InChI=1S/C24H21FN2O3/c25-17-8-10-18(11-9-17)26-22(28)19(12-14-4-2-1-3-5-14)27-23(29)20-15-6-7-16(13-15)21(20)24(27)30/h1-11,15-16,19-21H,12-13H2,(H,26,28)/t15-,16-,19-,20-,21-/m0/s1. The van der Waals surface area contributed by atoms with Crippen LogP contribution in [0.5, 0.6) is 0 Å². The Bertz CT molecular complexity index is 1000. The summed E-state index contributed by atoms with van der Waals surface area (Å²) < 4.78 is 13.2. The van der Waals surface area contributed by atoms with Crippen molar-refractivity contribution in [3.05, 3.63) is 78.1 Å². The second-order valence-corrected chi connectivity index (χ2v) is 8.25. The Morgan fingerprint density at radius 3 is 2.17 bits per heavy atom. The van der Waals surface area contributed by atoms with Crippen LogP contribution in [0.4, 0.5) is 10.1 Å². The summed E-state index contributed by atoms with van der Waals surface area (Å²) in [5.41, 5.74) is 1.27. The minimum Gasteiger partial charge on any atom is -0.324 e. The lowest BCUT2D eigenvalue weighted by molar-refractivity contribution is -0.147. The van der Waals surface area contributed by atoms with E-state index in [9.17, 15) is 18.8 Å². The van der Waals surface area contributed by atoms with Crippen molar-refractivity contribution in [2.24, 2.45) is 23.7 Å². The van der Waals surface area contributed by atoms with Gasteiger partial charge in [0.05, 0.1) is 11.8 Å². The lowest BCUT2D eigenvalue weighted by atomic mass is 9.85. The zero-order chi connectivity index (χ0) is 20.8. The van der Waals surface area contributed by atoms with Gasteiger partial charge in [-0.25, -0.2) is 4.39 Å². The van der Waals surface area contributed by atoms with Crippen LogP contribution in [0.1, 0.15) is 12.0 Å². The number of halogens is 1.